The SMILES string of the molecule is CO[C@H]1O[C@@H](CNCCO)[C@H]2OC(C)(C)O[C@@H]12. The second-order valence-electron chi connectivity index (χ2n) is 4.77. The van der Waals surface area contributed by atoms with Crippen LogP contribution < -0.4 is 5.32 Å². The molecule has 6 heteroatoms. The van der Waals surface area contributed by atoms with E-state index in [0.29, 0.717) is 13.1 Å². The molecule has 0 unspecified atom stereocenters. The quantitative estimate of drug-likeness (QED) is 0.636. The van der Waals surface area contributed by atoms with Gasteiger partial charge in [0.2, 0.25) is 0 Å². The van der Waals surface area contributed by atoms with E-state index in [1.54, 1.807) is 7.11 Å². The molecule has 4 atom stereocenters. The molecule has 0 radical (unpaired) electrons. The molecule has 0 aromatic heterocycles. The van der Waals surface area contributed by atoms with Crippen molar-refractivity contribution in [3.8, 4) is 0 Å². The number of aliphatic hydroxyl groups is 1. The number of aliphatic hydroxyl groups excluding tert-OH is 1. The van der Waals surface area contributed by atoms with Gasteiger partial charge in [0, 0.05) is 20.2 Å². The molecule has 100 valence electrons. The standard InChI is InChI=1S/C11H21NO5/c1-11(2)16-8-7(6-12-4-5-13)15-10(14-3)9(8)17-11/h7-10,12-13H,4-6H2,1-3H3/t7-,8+,9+,10-/m0/s1. The van der Waals surface area contributed by atoms with Crippen molar-refractivity contribution in [2.45, 2.75) is 44.2 Å². The smallest absolute Gasteiger partial charge is 0.186 e. The van der Waals surface area contributed by atoms with E-state index >= 15 is 0 Å². The summed E-state index contributed by atoms with van der Waals surface area (Å²) in [6, 6.07) is 0. The highest BCUT2D eigenvalue weighted by atomic mass is 16.8. The van der Waals surface area contributed by atoms with Gasteiger partial charge in [-0.15, -0.1) is 0 Å². The van der Waals surface area contributed by atoms with E-state index in [2.05, 4.69) is 5.32 Å². The molecule has 17 heavy (non-hydrogen) atoms. The van der Waals surface area contributed by atoms with Gasteiger partial charge in [0.05, 0.1) is 6.61 Å². The zero-order chi connectivity index (χ0) is 12.5. The van der Waals surface area contributed by atoms with Gasteiger partial charge < -0.3 is 29.4 Å². The van der Waals surface area contributed by atoms with Crippen LogP contribution in [-0.2, 0) is 18.9 Å². The number of ether oxygens (including phenoxy) is 4. The van der Waals surface area contributed by atoms with E-state index in [4.69, 9.17) is 24.1 Å². The lowest BCUT2D eigenvalue weighted by Crippen LogP contribution is -2.38. The van der Waals surface area contributed by atoms with Crippen LogP contribution in [0.25, 0.3) is 0 Å². The predicted molar refractivity (Wildman–Crippen MR) is 59.5 cm³/mol. The number of nitrogens with one attached hydrogen (secondary N) is 1. The second kappa shape index (κ2) is 5.17. The van der Waals surface area contributed by atoms with E-state index in [9.17, 15) is 0 Å². The molecule has 0 aromatic carbocycles. The summed E-state index contributed by atoms with van der Waals surface area (Å²) in [5, 5.41) is 11.8. The first kappa shape index (κ1) is 13.2. The van der Waals surface area contributed by atoms with Crippen LogP contribution in [0.4, 0.5) is 0 Å². The molecular weight excluding hydrogens is 226 g/mol. The highest BCUT2D eigenvalue weighted by Crippen LogP contribution is 2.38. The van der Waals surface area contributed by atoms with Crippen LogP contribution in [0.3, 0.4) is 0 Å². The fourth-order valence-electron chi connectivity index (χ4n) is 2.32. The van der Waals surface area contributed by atoms with Gasteiger partial charge in [0.15, 0.2) is 12.1 Å². The Morgan fingerprint density at radius 1 is 1.29 bits per heavy atom. The minimum atomic E-state index is -0.592. The van der Waals surface area contributed by atoms with E-state index < -0.39 is 5.79 Å². The average Bonchev–Trinajstić information content (AvgIpc) is 2.73. The molecule has 2 fully saturated rings. The van der Waals surface area contributed by atoms with Crippen molar-refractivity contribution in [3.63, 3.8) is 0 Å². The van der Waals surface area contributed by atoms with Gasteiger partial charge in [-0.05, 0) is 13.8 Å². The summed E-state index contributed by atoms with van der Waals surface area (Å²) in [5.41, 5.74) is 0. The maximum atomic E-state index is 8.72. The van der Waals surface area contributed by atoms with Crippen molar-refractivity contribution >= 4 is 0 Å². The number of methoxy groups -OCH3 is 1. The van der Waals surface area contributed by atoms with Crippen LogP contribution in [0.2, 0.25) is 0 Å². The second-order valence-corrected chi connectivity index (χ2v) is 4.77. The molecule has 0 spiro atoms. The Kier molecular flexibility index (Phi) is 4.02. The summed E-state index contributed by atoms with van der Waals surface area (Å²) in [4.78, 5) is 0. The van der Waals surface area contributed by atoms with E-state index in [1.165, 1.54) is 0 Å². The van der Waals surface area contributed by atoms with Gasteiger partial charge in [-0.1, -0.05) is 0 Å². The van der Waals surface area contributed by atoms with Gasteiger partial charge in [0.25, 0.3) is 0 Å². The van der Waals surface area contributed by atoms with Gasteiger partial charge in [-0.25, -0.2) is 0 Å². The molecule has 2 aliphatic rings. The number of hydrogen-bond acceptors (Lipinski definition) is 6. The Morgan fingerprint density at radius 3 is 2.65 bits per heavy atom. The monoisotopic (exact) mass is 247 g/mol. The maximum absolute atomic E-state index is 8.72. The number of fused-ring (bicyclic) bond motifs is 1. The van der Waals surface area contributed by atoms with Crippen LogP contribution in [0.15, 0.2) is 0 Å². The number of rotatable bonds is 5. The first-order valence-corrected chi connectivity index (χ1v) is 5.93. The topological polar surface area (TPSA) is 69.2 Å². The van der Waals surface area contributed by atoms with Crippen molar-refractivity contribution in [2.24, 2.45) is 0 Å². The zero-order valence-corrected chi connectivity index (χ0v) is 10.5. The van der Waals surface area contributed by atoms with Gasteiger partial charge in [-0.3, -0.25) is 0 Å². The molecule has 2 N–H and O–H groups in total. The van der Waals surface area contributed by atoms with Crippen LogP contribution in [0.1, 0.15) is 13.8 Å². The first-order chi connectivity index (χ1) is 8.07. The lowest BCUT2D eigenvalue weighted by Gasteiger charge is -2.23. The Bertz CT molecular complexity index is 260. The molecule has 6 nitrogen and oxygen atoms in total. The van der Waals surface area contributed by atoms with Crippen LogP contribution in [0.5, 0.6) is 0 Å². The Hall–Kier alpha value is -0.240. The molecule has 2 heterocycles. The molecule has 0 bridgehead atoms. The van der Waals surface area contributed by atoms with Gasteiger partial charge in [-0.2, -0.15) is 0 Å². The Balaban J connectivity index is 1.95. The molecule has 0 aromatic rings. The van der Waals surface area contributed by atoms with Crippen LogP contribution in [0, 0.1) is 0 Å². The summed E-state index contributed by atoms with van der Waals surface area (Å²) < 4.78 is 22.5. The summed E-state index contributed by atoms with van der Waals surface area (Å²) in [6.45, 7) is 5.03. The van der Waals surface area contributed by atoms with Crippen LogP contribution >= 0.6 is 0 Å². The first-order valence-electron chi connectivity index (χ1n) is 5.93. The van der Waals surface area contributed by atoms with E-state index in [-0.39, 0.29) is 31.2 Å². The molecular formula is C11H21NO5. The highest BCUT2D eigenvalue weighted by molar-refractivity contribution is 4.95. The summed E-state index contributed by atoms with van der Waals surface area (Å²) in [5.74, 6) is -0.592. The third-order valence-corrected chi connectivity index (χ3v) is 2.97. The van der Waals surface area contributed by atoms with E-state index in [1.807, 2.05) is 13.8 Å². The zero-order valence-electron chi connectivity index (χ0n) is 10.5. The lowest BCUT2D eigenvalue weighted by atomic mass is 10.1. The minimum absolute atomic E-state index is 0.109. The van der Waals surface area contributed by atoms with Crippen LogP contribution in [-0.4, -0.2) is 62.3 Å². The number of hydrogen-bond donors (Lipinski definition) is 2. The minimum Gasteiger partial charge on any atom is -0.395 e. The Morgan fingerprint density at radius 2 is 2.00 bits per heavy atom. The third kappa shape index (κ3) is 2.78. The molecule has 2 aliphatic heterocycles. The average molecular weight is 247 g/mol. The largest absolute Gasteiger partial charge is 0.395 e. The highest BCUT2D eigenvalue weighted by Gasteiger charge is 2.55. The van der Waals surface area contributed by atoms with E-state index in [0.717, 1.165) is 0 Å². The fourth-order valence-corrected chi connectivity index (χ4v) is 2.32. The van der Waals surface area contributed by atoms with Gasteiger partial charge >= 0.3 is 0 Å². The van der Waals surface area contributed by atoms with Crippen molar-refractivity contribution in [1.82, 2.24) is 5.32 Å². The lowest BCUT2D eigenvalue weighted by molar-refractivity contribution is -0.226. The molecule has 0 amide bonds. The van der Waals surface area contributed by atoms with Crippen molar-refractivity contribution in [2.75, 3.05) is 26.8 Å². The fraction of sp³-hybridized carbons (Fsp3) is 1.00. The molecule has 2 rings (SSSR count). The maximum Gasteiger partial charge on any atom is 0.186 e. The van der Waals surface area contributed by atoms with Crippen molar-refractivity contribution < 1.29 is 24.1 Å². The van der Waals surface area contributed by atoms with Crippen molar-refractivity contribution in [3.05, 3.63) is 0 Å². The predicted octanol–water partition coefficient (Wildman–Crippen LogP) is -0.540. The molecule has 2 saturated heterocycles. The Labute approximate surface area is 101 Å². The van der Waals surface area contributed by atoms with Gasteiger partial charge in [0.1, 0.15) is 18.3 Å². The molecule has 0 saturated carbocycles. The summed E-state index contributed by atoms with van der Waals surface area (Å²) in [7, 11) is 1.60. The normalized spacial score (nSPS) is 39.5. The summed E-state index contributed by atoms with van der Waals surface area (Å²) >= 11 is 0. The molecule has 0 aliphatic carbocycles. The summed E-state index contributed by atoms with van der Waals surface area (Å²) in [6.07, 6.45) is -0.807. The van der Waals surface area contributed by atoms with Crippen molar-refractivity contribution in [1.29, 1.82) is 0 Å². The third-order valence-electron chi connectivity index (χ3n) is 2.97.